The highest BCUT2D eigenvalue weighted by Crippen LogP contribution is 2.49. The number of benzene rings is 2. The highest BCUT2D eigenvalue weighted by atomic mass is 32.2. The van der Waals surface area contributed by atoms with E-state index in [9.17, 15) is 0 Å². The number of anilines is 2. The van der Waals surface area contributed by atoms with Crippen LogP contribution in [0.2, 0.25) is 0 Å². The summed E-state index contributed by atoms with van der Waals surface area (Å²) in [5.41, 5.74) is 2.78. The first-order valence-electron chi connectivity index (χ1n) is 8.50. The van der Waals surface area contributed by atoms with E-state index in [4.69, 9.17) is 0 Å². The quantitative estimate of drug-likeness (QED) is 0.587. The van der Waals surface area contributed by atoms with E-state index in [0.29, 0.717) is 6.04 Å². The zero-order valence-corrected chi connectivity index (χ0v) is 14.4. The van der Waals surface area contributed by atoms with Gasteiger partial charge in [-0.1, -0.05) is 69.1 Å². The maximum Gasteiger partial charge on any atom is 0.0555 e. The van der Waals surface area contributed by atoms with Gasteiger partial charge in [0.1, 0.15) is 0 Å². The van der Waals surface area contributed by atoms with E-state index < -0.39 is 0 Å². The maximum atomic E-state index is 2.61. The van der Waals surface area contributed by atoms with Crippen LogP contribution in [-0.2, 0) is 0 Å². The summed E-state index contributed by atoms with van der Waals surface area (Å²) in [5.74, 6) is 0. The van der Waals surface area contributed by atoms with Crippen molar-refractivity contribution in [1.29, 1.82) is 0 Å². The van der Waals surface area contributed by atoms with Crippen molar-refractivity contribution < 1.29 is 0 Å². The first-order valence-corrected chi connectivity index (χ1v) is 9.32. The lowest BCUT2D eigenvalue weighted by Gasteiger charge is -2.39. The van der Waals surface area contributed by atoms with Gasteiger partial charge < -0.3 is 4.90 Å². The van der Waals surface area contributed by atoms with E-state index in [0.717, 1.165) is 0 Å². The van der Waals surface area contributed by atoms with Crippen LogP contribution in [0, 0.1) is 0 Å². The normalized spacial score (nSPS) is 14.4. The molecule has 0 fully saturated rings. The summed E-state index contributed by atoms with van der Waals surface area (Å²) < 4.78 is 0. The largest absolute Gasteiger partial charge is 0.337 e. The molecular weight excluding hydrogens is 286 g/mol. The van der Waals surface area contributed by atoms with Gasteiger partial charge in [-0.15, -0.1) is 0 Å². The number of nitrogens with zero attached hydrogens (tertiary/aromatic N) is 1. The molecular formula is C20H25NS. The van der Waals surface area contributed by atoms with E-state index in [1.54, 1.807) is 0 Å². The molecule has 0 saturated carbocycles. The fourth-order valence-corrected chi connectivity index (χ4v) is 4.37. The minimum atomic E-state index is 0.605. The Morgan fingerprint density at radius 2 is 1.41 bits per heavy atom. The molecule has 22 heavy (non-hydrogen) atoms. The molecule has 116 valence electrons. The van der Waals surface area contributed by atoms with Crippen molar-refractivity contribution in [3.8, 4) is 0 Å². The Bertz CT molecular complexity index is 577. The third-order valence-corrected chi connectivity index (χ3v) is 5.48. The van der Waals surface area contributed by atoms with E-state index in [2.05, 4.69) is 67.3 Å². The molecule has 0 saturated heterocycles. The van der Waals surface area contributed by atoms with Crippen LogP contribution in [0.15, 0.2) is 58.3 Å². The maximum absolute atomic E-state index is 2.61. The second-order valence-corrected chi connectivity index (χ2v) is 7.08. The molecule has 1 aliphatic rings. The lowest BCUT2D eigenvalue weighted by Crippen LogP contribution is -2.33. The van der Waals surface area contributed by atoms with Gasteiger partial charge in [-0.05, 0) is 37.1 Å². The third kappa shape index (κ3) is 3.03. The van der Waals surface area contributed by atoms with Crippen LogP contribution in [0.4, 0.5) is 11.4 Å². The Hall–Kier alpha value is -1.41. The van der Waals surface area contributed by atoms with Gasteiger partial charge in [0.25, 0.3) is 0 Å². The summed E-state index contributed by atoms with van der Waals surface area (Å²) in [6.45, 7) is 4.59. The summed E-state index contributed by atoms with van der Waals surface area (Å²) in [4.78, 5) is 5.39. The Kier molecular flexibility index (Phi) is 5.09. The van der Waals surface area contributed by atoms with Gasteiger partial charge in [0.05, 0.1) is 11.4 Å². The molecule has 0 aromatic heterocycles. The molecule has 1 unspecified atom stereocenters. The van der Waals surface area contributed by atoms with E-state index in [1.165, 1.54) is 53.3 Å². The molecule has 0 bridgehead atoms. The fourth-order valence-electron chi connectivity index (χ4n) is 3.30. The number of fused-ring (bicyclic) bond motifs is 2. The van der Waals surface area contributed by atoms with Crippen molar-refractivity contribution in [1.82, 2.24) is 0 Å². The highest BCUT2D eigenvalue weighted by molar-refractivity contribution is 7.99. The van der Waals surface area contributed by atoms with Crippen LogP contribution < -0.4 is 4.90 Å². The molecule has 1 atom stereocenters. The van der Waals surface area contributed by atoms with E-state index >= 15 is 0 Å². The Morgan fingerprint density at radius 1 is 0.818 bits per heavy atom. The molecule has 2 heteroatoms. The standard InChI is InChI=1S/C20H25NS/c1-3-5-11-16(10-4-2)21-17-12-6-8-14-19(17)22-20-15-9-7-13-18(20)21/h6-9,12-16H,3-5,10-11H2,1-2H3. The van der Waals surface area contributed by atoms with Crippen LogP contribution >= 0.6 is 11.8 Å². The number of para-hydroxylation sites is 2. The molecule has 0 aliphatic carbocycles. The highest BCUT2D eigenvalue weighted by Gasteiger charge is 2.27. The van der Waals surface area contributed by atoms with Crippen LogP contribution in [0.25, 0.3) is 0 Å². The summed E-state index contributed by atoms with van der Waals surface area (Å²) in [7, 11) is 0. The minimum Gasteiger partial charge on any atom is -0.337 e. The molecule has 0 N–H and O–H groups in total. The first kappa shape index (κ1) is 15.5. The zero-order chi connectivity index (χ0) is 15.4. The molecule has 1 heterocycles. The lowest BCUT2D eigenvalue weighted by molar-refractivity contribution is 0.521. The average Bonchev–Trinajstić information content (AvgIpc) is 2.56. The van der Waals surface area contributed by atoms with Gasteiger partial charge in [-0.25, -0.2) is 0 Å². The molecule has 2 aromatic rings. The Morgan fingerprint density at radius 3 is 1.95 bits per heavy atom. The van der Waals surface area contributed by atoms with E-state index in [-0.39, 0.29) is 0 Å². The Balaban J connectivity index is 2.04. The van der Waals surface area contributed by atoms with Gasteiger partial charge in [-0.2, -0.15) is 0 Å². The predicted molar refractivity (Wildman–Crippen MR) is 97.4 cm³/mol. The number of unbranched alkanes of at least 4 members (excludes halogenated alkanes) is 1. The van der Waals surface area contributed by atoms with Gasteiger partial charge in [0.15, 0.2) is 0 Å². The SMILES string of the molecule is CCCCC(CCC)N1c2ccccc2Sc2ccccc21. The number of hydrogen-bond donors (Lipinski definition) is 0. The topological polar surface area (TPSA) is 3.24 Å². The van der Waals surface area contributed by atoms with Crippen molar-refractivity contribution in [3.05, 3.63) is 48.5 Å². The summed E-state index contributed by atoms with van der Waals surface area (Å²) >= 11 is 1.90. The first-order chi connectivity index (χ1) is 10.8. The average molecular weight is 311 g/mol. The fraction of sp³-hybridized carbons (Fsp3) is 0.400. The monoisotopic (exact) mass is 311 g/mol. The molecule has 0 radical (unpaired) electrons. The molecule has 2 aromatic carbocycles. The summed E-state index contributed by atoms with van der Waals surface area (Å²) in [6.07, 6.45) is 6.35. The van der Waals surface area contributed by atoms with Gasteiger partial charge >= 0.3 is 0 Å². The van der Waals surface area contributed by atoms with Crippen molar-refractivity contribution in [3.63, 3.8) is 0 Å². The zero-order valence-electron chi connectivity index (χ0n) is 13.6. The van der Waals surface area contributed by atoms with Crippen LogP contribution in [0.5, 0.6) is 0 Å². The molecule has 0 amide bonds. The lowest BCUT2D eigenvalue weighted by atomic mass is 10.0. The van der Waals surface area contributed by atoms with Crippen LogP contribution in [0.1, 0.15) is 46.0 Å². The van der Waals surface area contributed by atoms with Crippen molar-refractivity contribution in [2.45, 2.75) is 61.8 Å². The van der Waals surface area contributed by atoms with Gasteiger partial charge in [0, 0.05) is 15.8 Å². The molecule has 1 nitrogen and oxygen atoms in total. The Labute approximate surface area is 138 Å². The smallest absolute Gasteiger partial charge is 0.0555 e. The number of hydrogen-bond acceptors (Lipinski definition) is 2. The summed E-state index contributed by atoms with van der Waals surface area (Å²) in [5, 5.41) is 0. The second-order valence-electron chi connectivity index (χ2n) is 5.99. The molecule has 0 spiro atoms. The van der Waals surface area contributed by atoms with E-state index in [1.807, 2.05) is 11.8 Å². The van der Waals surface area contributed by atoms with Crippen molar-refractivity contribution >= 4 is 23.1 Å². The van der Waals surface area contributed by atoms with Crippen molar-refractivity contribution in [2.24, 2.45) is 0 Å². The summed E-state index contributed by atoms with van der Waals surface area (Å²) in [6, 6.07) is 18.3. The van der Waals surface area contributed by atoms with Crippen LogP contribution in [0.3, 0.4) is 0 Å². The second kappa shape index (κ2) is 7.23. The van der Waals surface area contributed by atoms with Crippen molar-refractivity contribution in [2.75, 3.05) is 4.90 Å². The van der Waals surface area contributed by atoms with Gasteiger partial charge in [0.2, 0.25) is 0 Å². The third-order valence-electron chi connectivity index (χ3n) is 4.35. The minimum absolute atomic E-state index is 0.605. The number of rotatable bonds is 6. The van der Waals surface area contributed by atoms with Crippen LogP contribution in [-0.4, -0.2) is 6.04 Å². The molecule has 3 rings (SSSR count). The van der Waals surface area contributed by atoms with Gasteiger partial charge in [-0.3, -0.25) is 0 Å². The predicted octanol–water partition coefficient (Wildman–Crippen LogP) is 6.65. The molecule has 1 aliphatic heterocycles.